The van der Waals surface area contributed by atoms with Crippen molar-refractivity contribution in [3.63, 3.8) is 0 Å². The van der Waals surface area contributed by atoms with Crippen LogP contribution in [0.4, 0.5) is 0 Å². The minimum Gasteiger partial charge on any atom is -0.385 e. The quantitative estimate of drug-likeness (QED) is 0.587. The summed E-state index contributed by atoms with van der Waals surface area (Å²) in [6, 6.07) is 15.2. The largest absolute Gasteiger partial charge is 0.385 e. The zero-order valence-electron chi connectivity index (χ0n) is 12.3. The van der Waals surface area contributed by atoms with Crippen molar-refractivity contribution in [3.05, 3.63) is 42.5 Å². The molecule has 108 valence electrons. The van der Waals surface area contributed by atoms with Gasteiger partial charge in [-0.25, -0.2) is 0 Å². The Kier molecular flexibility index (Phi) is 6.37. The Morgan fingerprint density at radius 1 is 1.15 bits per heavy atom. The molecule has 0 heterocycles. The Labute approximate surface area is 125 Å². The summed E-state index contributed by atoms with van der Waals surface area (Å²) in [7, 11) is 1.75. The molecule has 2 aromatic rings. The van der Waals surface area contributed by atoms with Gasteiger partial charge in [-0.3, -0.25) is 0 Å². The van der Waals surface area contributed by atoms with E-state index in [0.717, 1.165) is 26.1 Å². The van der Waals surface area contributed by atoms with Crippen LogP contribution in [-0.4, -0.2) is 32.1 Å². The van der Waals surface area contributed by atoms with Crippen LogP contribution in [0.25, 0.3) is 10.8 Å². The first-order valence-corrected chi connectivity index (χ1v) is 8.02. The van der Waals surface area contributed by atoms with Crippen LogP contribution in [0.2, 0.25) is 0 Å². The van der Waals surface area contributed by atoms with Gasteiger partial charge in [-0.1, -0.05) is 37.3 Å². The first-order valence-electron chi connectivity index (χ1n) is 7.14. The fourth-order valence-electron chi connectivity index (χ4n) is 2.16. The smallest absolute Gasteiger partial charge is 0.0474 e. The van der Waals surface area contributed by atoms with Crippen LogP contribution in [0.5, 0.6) is 0 Å². The van der Waals surface area contributed by atoms with Gasteiger partial charge in [0.1, 0.15) is 0 Å². The van der Waals surface area contributed by atoms with Crippen molar-refractivity contribution < 1.29 is 4.74 Å². The highest BCUT2D eigenvalue weighted by atomic mass is 32.2. The molecule has 1 N–H and O–H groups in total. The summed E-state index contributed by atoms with van der Waals surface area (Å²) in [4.78, 5) is 1.34. The van der Waals surface area contributed by atoms with Gasteiger partial charge in [0, 0.05) is 30.4 Å². The number of rotatable bonds is 8. The van der Waals surface area contributed by atoms with Crippen molar-refractivity contribution in [2.24, 2.45) is 0 Å². The van der Waals surface area contributed by atoms with Crippen molar-refractivity contribution in [3.8, 4) is 0 Å². The highest BCUT2D eigenvalue weighted by molar-refractivity contribution is 8.00. The van der Waals surface area contributed by atoms with Gasteiger partial charge in [0.2, 0.25) is 0 Å². The number of fused-ring (bicyclic) bond motifs is 1. The highest BCUT2D eigenvalue weighted by Crippen LogP contribution is 2.26. The number of thioether (sulfide) groups is 1. The average Bonchev–Trinajstić information content (AvgIpc) is 2.47. The van der Waals surface area contributed by atoms with E-state index < -0.39 is 0 Å². The Morgan fingerprint density at radius 2 is 1.95 bits per heavy atom. The van der Waals surface area contributed by atoms with Gasteiger partial charge < -0.3 is 10.1 Å². The van der Waals surface area contributed by atoms with Crippen LogP contribution >= 0.6 is 11.8 Å². The zero-order valence-corrected chi connectivity index (χ0v) is 13.1. The lowest BCUT2D eigenvalue weighted by atomic mass is 10.1. The molecule has 2 nitrogen and oxygen atoms in total. The van der Waals surface area contributed by atoms with Crippen molar-refractivity contribution in [1.82, 2.24) is 5.32 Å². The summed E-state index contributed by atoms with van der Waals surface area (Å²) in [5.74, 6) is 0. The summed E-state index contributed by atoms with van der Waals surface area (Å²) in [6.45, 7) is 5.15. The van der Waals surface area contributed by atoms with Crippen LogP contribution in [0.15, 0.2) is 47.4 Å². The van der Waals surface area contributed by atoms with E-state index in [-0.39, 0.29) is 0 Å². The molecule has 3 heteroatoms. The lowest BCUT2D eigenvalue weighted by Crippen LogP contribution is -2.24. The zero-order chi connectivity index (χ0) is 14.2. The van der Waals surface area contributed by atoms with Crippen LogP contribution < -0.4 is 5.32 Å². The molecule has 0 aromatic heterocycles. The number of methoxy groups -OCH3 is 1. The first-order chi connectivity index (χ1) is 9.79. The first kappa shape index (κ1) is 15.4. The number of hydrogen-bond acceptors (Lipinski definition) is 3. The lowest BCUT2D eigenvalue weighted by molar-refractivity contribution is 0.194. The molecule has 0 saturated carbocycles. The molecule has 0 aliphatic rings. The molecule has 0 saturated heterocycles. The molecule has 1 atom stereocenters. The molecule has 0 spiro atoms. The Morgan fingerprint density at radius 3 is 2.75 bits per heavy atom. The maximum Gasteiger partial charge on any atom is 0.0474 e. The minimum atomic E-state index is 0.568. The molecule has 1 unspecified atom stereocenters. The molecule has 0 radical (unpaired) electrons. The normalized spacial score (nSPS) is 12.7. The summed E-state index contributed by atoms with van der Waals surface area (Å²) in [6.07, 6.45) is 1.07. The second kappa shape index (κ2) is 8.30. The fraction of sp³-hybridized carbons (Fsp3) is 0.412. The van der Waals surface area contributed by atoms with Gasteiger partial charge >= 0.3 is 0 Å². The topological polar surface area (TPSA) is 21.3 Å². The standard InChI is InChI=1S/C17H23NOS/c1-14(13-18-10-5-11-19-2)20-17-9-8-15-6-3-4-7-16(15)12-17/h3-4,6-9,12,14,18H,5,10-11,13H2,1-2H3. The van der Waals surface area contributed by atoms with Crippen LogP contribution in [0.3, 0.4) is 0 Å². The Hall–Kier alpha value is -1.03. The maximum absolute atomic E-state index is 5.04. The van der Waals surface area contributed by atoms with Crippen molar-refractivity contribution in [1.29, 1.82) is 0 Å². The number of nitrogens with one attached hydrogen (secondary N) is 1. The predicted octanol–water partition coefficient (Wildman–Crippen LogP) is 3.95. The van der Waals surface area contributed by atoms with Gasteiger partial charge in [0.05, 0.1) is 0 Å². The molecule has 2 rings (SSSR count). The van der Waals surface area contributed by atoms with Gasteiger partial charge in [-0.15, -0.1) is 11.8 Å². The molecule has 2 aromatic carbocycles. The molecule has 0 aliphatic carbocycles. The summed E-state index contributed by atoms with van der Waals surface area (Å²) in [5, 5.41) is 6.67. The van der Waals surface area contributed by atoms with Gasteiger partial charge in [-0.05, 0) is 35.9 Å². The predicted molar refractivity (Wildman–Crippen MR) is 88.6 cm³/mol. The molecule has 0 bridgehead atoms. The van der Waals surface area contributed by atoms with Gasteiger partial charge in [0.25, 0.3) is 0 Å². The molecule has 0 fully saturated rings. The Bertz CT molecular complexity index is 529. The van der Waals surface area contributed by atoms with Crippen LogP contribution in [0, 0.1) is 0 Å². The molecule has 0 aliphatic heterocycles. The third-order valence-corrected chi connectivity index (χ3v) is 4.29. The van der Waals surface area contributed by atoms with E-state index in [1.165, 1.54) is 15.7 Å². The van der Waals surface area contributed by atoms with Crippen molar-refractivity contribution in [2.75, 3.05) is 26.8 Å². The van der Waals surface area contributed by atoms with Crippen molar-refractivity contribution >= 4 is 22.5 Å². The number of hydrogen-bond donors (Lipinski definition) is 1. The highest BCUT2D eigenvalue weighted by Gasteiger charge is 2.04. The minimum absolute atomic E-state index is 0.568. The van der Waals surface area contributed by atoms with E-state index >= 15 is 0 Å². The van der Waals surface area contributed by atoms with Gasteiger partial charge in [0.15, 0.2) is 0 Å². The summed E-state index contributed by atoms with van der Waals surface area (Å²) in [5.41, 5.74) is 0. The van der Waals surface area contributed by atoms with E-state index in [9.17, 15) is 0 Å². The lowest BCUT2D eigenvalue weighted by Gasteiger charge is -2.13. The summed E-state index contributed by atoms with van der Waals surface area (Å²) < 4.78 is 5.04. The monoisotopic (exact) mass is 289 g/mol. The number of ether oxygens (including phenoxy) is 1. The van der Waals surface area contributed by atoms with E-state index in [2.05, 4.69) is 54.7 Å². The van der Waals surface area contributed by atoms with E-state index in [0.29, 0.717) is 5.25 Å². The maximum atomic E-state index is 5.04. The molecule has 20 heavy (non-hydrogen) atoms. The molecule has 0 amide bonds. The van der Waals surface area contributed by atoms with Crippen LogP contribution in [-0.2, 0) is 4.74 Å². The second-order valence-electron chi connectivity index (χ2n) is 4.99. The molecular formula is C17H23NOS. The van der Waals surface area contributed by atoms with E-state index in [1.54, 1.807) is 7.11 Å². The second-order valence-corrected chi connectivity index (χ2v) is 6.50. The van der Waals surface area contributed by atoms with E-state index in [1.807, 2.05) is 11.8 Å². The molecular weight excluding hydrogens is 266 g/mol. The van der Waals surface area contributed by atoms with Gasteiger partial charge in [-0.2, -0.15) is 0 Å². The summed E-state index contributed by atoms with van der Waals surface area (Å²) >= 11 is 1.93. The average molecular weight is 289 g/mol. The third-order valence-electron chi connectivity index (χ3n) is 3.19. The van der Waals surface area contributed by atoms with Crippen molar-refractivity contribution in [2.45, 2.75) is 23.5 Å². The number of benzene rings is 2. The third kappa shape index (κ3) is 4.82. The van der Waals surface area contributed by atoms with E-state index in [4.69, 9.17) is 4.74 Å². The SMILES string of the molecule is COCCCNCC(C)Sc1ccc2ccccc2c1. The Balaban J connectivity index is 1.81. The fourth-order valence-corrected chi connectivity index (χ4v) is 3.17. The van der Waals surface area contributed by atoms with Crippen LogP contribution in [0.1, 0.15) is 13.3 Å².